The molecule has 0 saturated heterocycles. The summed E-state index contributed by atoms with van der Waals surface area (Å²) in [7, 11) is 0. The third kappa shape index (κ3) is 41.2. The van der Waals surface area contributed by atoms with Crippen LogP contribution in [-0.4, -0.2) is 0 Å². The Morgan fingerprint density at radius 2 is 0.333 bits per heavy atom. The summed E-state index contributed by atoms with van der Waals surface area (Å²) >= 11 is 0. The molecule has 0 fully saturated rings. The fourth-order valence-corrected chi connectivity index (χ4v) is 0. The van der Waals surface area contributed by atoms with E-state index in [9.17, 15) is 0 Å². The minimum atomic E-state index is 0. The fraction of sp³-hybridized carbons (Fsp3) is 0. The molecule has 0 unspecified atom stereocenters. The Labute approximate surface area is 75.3 Å². The van der Waals surface area contributed by atoms with E-state index in [1.165, 1.54) is 0 Å². The molecule has 0 rings (SSSR count). The van der Waals surface area contributed by atoms with Crippen LogP contribution in [0.4, 0.5) is 0 Å². The number of hydrogen-bond acceptors (Lipinski definition) is 0. The number of hydrogen-bond donors (Lipinski definition) is 0. The van der Waals surface area contributed by atoms with Gasteiger partial charge in [0.2, 0.25) is 0 Å². The Bertz CT molecular complexity index is 3.90. The van der Waals surface area contributed by atoms with Gasteiger partial charge in [0.25, 0.3) is 0 Å². The van der Waals surface area contributed by atoms with Crippen molar-refractivity contribution in [3.63, 3.8) is 0 Å². The normalized spacial score (nSPS) is 0. The summed E-state index contributed by atoms with van der Waals surface area (Å²) in [5, 5.41) is 0. The molecule has 0 amide bonds. The molecule has 0 aromatic carbocycles. The third-order valence-corrected chi connectivity index (χ3v) is 0. The van der Waals surface area contributed by atoms with Crippen LogP contribution in [0.25, 0.3) is 0 Å². The summed E-state index contributed by atoms with van der Waals surface area (Å²) in [6, 6.07) is 0. The maximum Gasteiger partial charge on any atom is 0 e. The van der Waals surface area contributed by atoms with Crippen molar-refractivity contribution < 1.29 is 0 Å². The van der Waals surface area contributed by atoms with Gasteiger partial charge in [0.15, 0.2) is 0 Å². The molecule has 6 heteroatoms. The Balaban J connectivity index is 0. The van der Waals surface area contributed by atoms with Crippen LogP contribution in [-0.2, 0) is 0 Å². The van der Waals surface area contributed by atoms with Crippen LogP contribution >= 0.6 is 75.5 Å². The van der Waals surface area contributed by atoms with E-state index < -0.39 is 0 Å². The standard InChI is InChI=1S/5ClH.S/h5*1H;. The lowest BCUT2D eigenvalue weighted by molar-refractivity contribution is 5.85. The first kappa shape index (κ1) is 111. The first-order chi connectivity index (χ1) is 0. The first-order valence-electron chi connectivity index (χ1n) is 0. The minimum absolute atomic E-state index is 0. The van der Waals surface area contributed by atoms with Crippen molar-refractivity contribution in [1.29, 1.82) is 0 Å². The Morgan fingerprint density at radius 1 is 0.333 bits per heavy atom. The lowest BCUT2D eigenvalue weighted by atomic mass is 32.1. The zero-order valence-electron chi connectivity index (χ0n) is 2.45. The molecule has 0 saturated carbocycles. The van der Waals surface area contributed by atoms with Gasteiger partial charge in [0, 0.05) is 13.5 Å². The largest absolute Gasteiger partial charge is 0.147 e. The van der Waals surface area contributed by atoms with E-state index in [1.807, 2.05) is 0 Å². The van der Waals surface area contributed by atoms with Gasteiger partial charge in [-0.2, -0.15) is 0 Å². The van der Waals surface area contributed by atoms with Gasteiger partial charge in [-0.3, -0.25) is 0 Å². The second-order valence-corrected chi connectivity index (χ2v) is 0. The summed E-state index contributed by atoms with van der Waals surface area (Å²) in [6.45, 7) is 0. The molecule has 0 bridgehead atoms. The van der Waals surface area contributed by atoms with E-state index in [2.05, 4.69) is 0 Å². The van der Waals surface area contributed by atoms with E-state index >= 15 is 0 Å². The maximum atomic E-state index is 0. The van der Waals surface area contributed by atoms with Gasteiger partial charge >= 0.3 is 0 Å². The molecule has 46 valence electrons. The smallest absolute Gasteiger partial charge is 0 e. The summed E-state index contributed by atoms with van der Waals surface area (Å²) < 4.78 is 0. The van der Waals surface area contributed by atoms with Crippen molar-refractivity contribution in [3.05, 3.63) is 0 Å². The van der Waals surface area contributed by atoms with Gasteiger partial charge in [-0.05, 0) is 0 Å². The van der Waals surface area contributed by atoms with Crippen LogP contribution in [0.2, 0.25) is 0 Å². The minimum Gasteiger partial charge on any atom is -0.147 e. The van der Waals surface area contributed by atoms with Gasteiger partial charge in [0.05, 0.1) is 0 Å². The summed E-state index contributed by atoms with van der Waals surface area (Å²) in [5.41, 5.74) is 0. The average Bonchev–Trinajstić information content (AvgIpc) is 0. The van der Waals surface area contributed by atoms with E-state index in [0.717, 1.165) is 0 Å². The SMILES string of the molecule is Cl.Cl.Cl.Cl.Cl.[S]. The van der Waals surface area contributed by atoms with Gasteiger partial charge in [0.1, 0.15) is 0 Å². The van der Waals surface area contributed by atoms with Crippen molar-refractivity contribution in [1.82, 2.24) is 0 Å². The molecule has 0 aromatic rings. The lowest BCUT2D eigenvalue weighted by Gasteiger charge is -0.148. The van der Waals surface area contributed by atoms with Crippen molar-refractivity contribution in [2.75, 3.05) is 0 Å². The van der Waals surface area contributed by atoms with Crippen molar-refractivity contribution in [3.8, 4) is 0 Å². The van der Waals surface area contributed by atoms with Gasteiger partial charge in [-0.25, -0.2) is 0 Å². The van der Waals surface area contributed by atoms with Gasteiger partial charge < -0.3 is 0 Å². The molecule has 0 heterocycles. The second kappa shape index (κ2) is 70.6. The lowest BCUT2D eigenvalue weighted by Crippen LogP contribution is 0.648. The molecule has 6 heavy (non-hydrogen) atoms. The molecule has 0 nitrogen and oxygen atoms in total. The number of halogens is 5. The molecule has 0 atom stereocenters. The van der Waals surface area contributed by atoms with Crippen molar-refractivity contribution in [2.24, 2.45) is 0 Å². The summed E-state index contributed by atoms with van der Waals surface area (Å²) in [5.74, 6) is 0. The molecular weight excluding hydrogens is 209 g/mol. The van der Waals surface area contributed by atoms with Crippen LogP contribution in [0.15, 0.2) is 0 Å². The van der Waals surface area contributed by atoms with Crippen LogP contribution in [0.1, 0.15) is 0 Å². The fourth-order valence-electron chi connectivity index (χ4n) is 0. The highest BCUT2D eigenvalue weighted by molar-refractivity contribution is 7.59. The molecule has 0 aliphatic heterocycles. The number of rotatable bonds is 0. The van der Waals surface area contributed by atoms with Crippen LogP contribution in [0, 0.1) is 0 Å². The van der Waals surface area contributed by atoms with E-state index in [0.29, 0.717) is 0 Å². The maximum absolute atomic E-state index is 0. The Hall–Kier alpha value is 1.80. The molecule has 2 radical (unpaired) electrons. The summed E-state index contributed by atoms with van der Waals surface area (Å²) in [6.07, 6.45) is 0. The molecule has 0 N–H and O–H groups in total. The van der Waals surface area contributed by atoms with Crippen molar-refractivity contribution in [2.45, 2.75) is 0 Å². The second-order valence-electron chi connectivity index (χ2n) is 0. The zero-order valence-corrected chi connectivity index (χ0v) is 7.35. The predicted octanol–water partition coefficient (Wildman–Crippen LogP) is 2.76. The van der Waals surface area contributed by atoms with Crippen LogP contribution < -0.4 is 0 Å². The highest BCUT2D eigenvalue weighted by Crippen LogP contribution is 0.694. The van der Waals surface area contributed by atoms with Crippen LogP contribution in [0.5, 0.6) is 0 Å². The highest BCUT2D eigenvalue weighted by atomic mass is 35.5. The third-order valence-electron chi connectivity index (χ3n) is 0. The molecule has 0 aliphatic rings. The van der Waals surface area contributed by atoms with Crippen molar-refractivity contribution >= 4 is 75.5 Å². The molecule has 0 spiro atoms. The highest BCUT2D eigenvalue weighted by Gasteiger charge is 0.0000351. The zero-order chi connectivity index (χ0) is 0. The van der Waals surface area contributed by atoms with Crippen LogP contribution in [0.3, 0.4) is 0 Å². The van der Waals surface area contributed by atoms with Gasteiger partial charge in [-0.1, -0.05) is 0 Å². The topological polar surface area (TPSA) is 0 Å². The first-order valence-corrected chi connectivity index (χ1v) is 0. The predicted molar refractivity (Wildman–Crippen MR) is 43.8 cm³/mol. The average molecular weight is 214 g/mol. The Morgan fingerprint density at radius 3 is 0.333 bits per heavy atom. The van der Waals surface area contributed by atoms with E-state index in [-0.39, 0.29) is 75.5 Å². The molecule has 0 aromatic heterocycles. The Kier molecular flexibility index (Phi) is 1310. The molecule has 0 aliphatic carbocycles. The quantitative estimate of drug-likeness (QED) is 0.581. The summed E-state index contributed by atoms with van der Waals surface area (Å²) in [4.78, 5) is 0. The monoisotopic (exact) mass is 212 g/mol. The van der Waals surface area contributed by atoms with E-state index in [1.54, 1.807) is 0 Å². The van der Waals surface area contributed by atoms with Gasteiger partial charge in [-0.15, -0.1) is 62.0 Å². The molecular formula is H5Cl5S. The van der Waals surface area contributed by atoms with E-state index in [4.69, 9.17) is 0 Å².